The monoisotopic (exact) mass is 318 g/mol. The van der Waals surface area contributed by atoms with Gasteiger partial charge in [-0.1, -0.05) is 60.7 Å². The summed E-state index contributed by atoms with van der Waals surface area (Å²) in [5, 5.41) is 9.08. The minimum absolute atomic E-state index is 0.932. The Bertz CT molecular complexity index is 1370. The van der Waals surface area contributed by atoms with Gasteiger partial charge in [0.1, 0.15) is 5.58 Å². The van der Waals surface area contributed by atoms with Crippen molar-refractivity contribution in [1.82, 2.24) is 0 Å². The molecule has 0 atom stereocenters. The molecule has 1 aromatic heterocycles. The van der Waals surface area contributed by atoms with E-state index >= 15 is 0 Å². The van der Waals surface area contributed by atoms with E-state index in [0.29, 0.717) is 0 Å². The smallest absolute Gasteiger partial charge is 0.133 e. The molecule has 116 valence electrons. The number of benzene rings is 5. The molecule has 0 bridgehead atoms. The molecular formula is C24H14O. The lowest BCUT2D eigenvalue weighted by Crippen LogP contribution is -1.87. The van der Waals surface area contributed by atoms with Crippen LogP contribution in [0.25, 0.3) is 54.4 Å². The highest BCUT2D eigenvalue weighted by Gasteiger charge is 2.12. The summed E-state index contributed by atoms with van der Waals surface area (Å²) in [6.45, 7) is 0. The second-order valence-electron chi connectivity index (χ2n) is 6.64. The molecule has 0 N–H and O–H groups in total. The summed E-state index contributed by atoms with van der Waals surface area (Å²) in [5.41, 5.74) is 3.43. The van der Waals surface area contributed by atoms with E-state index in [2.05, 4.69) is 72.8 Å². The lowest BCUT2D eigenvalue weighted by molar-refractivity contribution is 0.616. The van der Waals surface area contributed by atoms with Crippen LogP contribution < -0.4 is 0 Å². The van der Waals surface area contributed by atoms with Gasteiger partial charge in [0.25, 0.3) is 0 Å². The van der Waals surface area contributed by atoms with Crippen LogP contribution in [0, 0.1) is 0 Å². The van der Waals surface area contributed by atoms with Gasteiger partial charge < -0.3 is 4.42 Å². The van der Waals surface area contributed by atoms with Crippen molar-refractivity contribution in [1.29, 1.82) is 0 Å². The van der Waals surface area contributed by atoms with E-state index < -0.39 is 0 Å². The van der Waals surface area contributed by atoms with Crippen molar-refractivity contribution < 1.29 is 4.42 Å². The van der Waals surface area contributed by atoms with Crippen molar-refractivity contribution in [3.05, 3.63) is 85.1 Å². The van der Waals surface area contributed by atoms with Crippen LogP contribution in [0.4, 0.5) is 0 Å². The van der Waals surface area contributed by atoms with Gasteiger partial charge >= 0.3 is 0 Å². The average Bonchev–Trinajstić information content (AvgIpc) is 3.14. The molecule has 1 heteroatoms. The Morgan fingerprint density at radius 1 is 0.560 bits per heavy atom. The largest absolute Gasteiger partial charge is 0.464 e. The van der Waals surface area contributed by atoms with Crippen molar-refractivity contribution in [3.63, 3.8) is 0 Å². The van der Waals surface area contributed by atoms with Crippen LogP contribution in [0.3, 0.4) is 0 Å². The number of fused-ring (bicyclic) bond motifs is 1. The van der Waals surface area contributed by atoms with Crippen LogP contribution in [0.2, 0.25) is 0 Å². The van der Waals surface area contributed by atoms with Gasteiger partial charge in [-0.3, -0.25) is 0 Å². The van der Waals surface area contributed by atoms with E-state index in [1.807, 2.05) is 6.07 Å². The maximum absolute atomic E-state index is 5.49. The quantitative estimate of drug-likeness (QED) is 0.297. The van der Waals surface area contributed by atoms with E-state index in [1.54, 1.807) is 6.26 Å². The second kappa shape index (κ2) is 4.61. The first-order chi connectivity index (χ1) is 12.4. The predicted molar refractivity (Wildman–Crippen MR) is 105 cm³/mol. The van der Waals surface area contributed by atoms with Crippen molar-refractivity contribution in [2.45, 2.75) is 0 Å². The van der Waals surface area contributed by atoms with Gasteiger partial charge in [0, 0.05) is 5.39 Å². The predicted octanol–water partition coefficient (Wildman–Crippen LogP) is 7.00. The van der Waals surface area contributed by atoms with Gasteiger partial charge in [-0.05, 0) is 61.6 Å². The van der Waals surface area contributed by atoms with Gasteiger partial charge in [0.2, 0.25) is 0 Å². The molecule has 5 aromatic carbocycles. The molecule has 0 aliphatic carbocycles. The maximum Gasteiger partial charge on any atom is 0.133 e. The molecule has 6 rings (SSSR count). The topological polar surface area (TPSA) is 13.1 Å². The molecule has 0 fully saturated rings. The Morgan fingerprint density at radius 3 is 2.20 bits per heavy atom. The lowest BCUT2D eigenvalue weighted by Gasteiger charge is -2.14. The zero-order chi connectivity index (χ0) is 16.4. The van der Waals surface area contributed by atoms with Crippen LogP contribution in [-0.2, 0) is 0 Å². The van der Waals surface area contributed by atoms with Crippen LogP contribution in [-0.4, -0.2) is 0 Å². The summed E-state index contributed by atoms with van der Waals surface area (Å²) in [6, 6.07) is 28.4. The molecule has 0 saturated carbocycles. The standard InChI is InChI=1S/C24H14O/c1-2-15-4-5-17-6-9-20(18-8-11-22-19(14-18)12-13-25-22)21-10-7-16(3-1)23(15)24(17)21/h1-14H. The highest BCUT2D eigenvalue weighted by molar-refractivity contribution is 6.25. The van der Waals surface area contributed by atoms with E-state index in [4.69, 9.17) is 4.42 Å². The van der Waals surface area contributed by atoms with Gasteiger partial charge in [0.05, 0.1) is 6.26 Å². The molecule has 0 amide bonds. The summed E-state index contributed by atoms with van der Waals surface area (Å²) in [6.07, 6.45) is 1.75. The number of hydrogen-bond acceptors (Lipinski definition) is 1. The van der Waals surface area contributed by atoms with Gasteiger partial charge in [0.15, 0.2) is 0 Å². The van der Waals surface area contributed by atoms with Crippen LogP contribution in [0.5, 0.6) is 0 Å². The van der Waals surface area contributed by atoms with Gasteiger partial charge in [-0.2, -0.15) is 0 Å². The maximum atomic E-state index is 5.49. The summed E-state index contributed by atoms with van der Waals surface area (Å²) >= 11 is 0. The third-order valence-electron chi connectivity index (χ3n) is 5.29. The Hall–Kier alpha value is -3.32. The fraction of sp³-hybridized carbons (Fsp3) is 0. The van der Waals surface area contributed by atoms with E-state index in [-0.39, 0.29) is 0 Å². The number of hydrogen-bond donors (Lipinski definition) is 0. The number of rotatable bonds is 1. The third-order valence-corrected chi connectivity index (χ3v) is 5.29. The SMILES string of the molecule is c1cc2ccc3ccc(-c4ccc5occc5c4)c4ccc(c1)c2c34. The highest BCUT2D eigenvalue weighted by atomic mass is 16.3. The molecule has 25 heavy (non-hydrogen) atoms. The minimum Gasteiger partial charge on any atom is -0.464 e. The molecular weight excluding hydrogens is 304 g/mol. The fourth-order valence-electron chi connectivity index (χ4n) is 4.12. The molecule has 0 radical (unpaired) electrons. The van der Waals surface area contributed by atoms with Crippen LogP contribution >= 0.6 is 0 Å². The normalized spacial score (nSPS) is 12.0. The summed E-state index contributed by atoms with van der Waals surface area (Å²) < 4.78 is 5.49. The molecule has 0 unspecified atom stereocenters. The molecule has 1 heterocycles. The number of furan rings is 1. The molecule has 0 spiro atoms. The molecule has 6 aromatic rings. The van der Waals surface area contributed by atoms with Crippen LogP contribution in [0.1, 0.15) is 0 Å². The minimum atomic E-state index is 0.932. The third kappa shape index (κ3) is 1.72. The first-order valence-corrected chi connectivity index (χ1v) is 8.53. The van der Waals surface area contributed by atoms with Crippen molar-refractivity contribution in [2.75, 3.05) is 0 Å². The fourth-order valence-corrected chi connectivity index (χ4v) is 4.12. The summed E-state index contributed by atoms with van der Waals surface area (Å²) in [7, 11) is 0. The van der Waals surface area contributed by atoms with Gasteiger partial charge in [-0.25, -0.2) is 0 Å². The van der Waals surface area contributed by atoms with Crippen molar-refractivity contribution in [2.24, 2.45) is 0 Å². The second-order valence-corrected chi connectivity index (χ2v) is 6.64. The van der Waals surface area contributed by atoms with E-state index in [1.165, 1.54) is 43.4 Å². The Labute approximate surface area is 144 Å². The zero-order valence-electron chi connectivity index (χ0n) is 13.5. The van der Waals surface area contributed by atoms with Crippen molar-refractivity contribution >= 4 is 43.3 Å². The Kier molecular flexibility index (Phi) is 2.40. The Morgan fingerprint density at radius 2 is 1.32 bits per heavy atom. The molecule has 1 nitrogen and oxygen atoms in total. The summed E-state index contributed by atoms with van der Waals surface area (Å²) in [5.74, 6) is 0. The highest BCUT2D eigenvalue weighted by Crippen LogP contribution is 2.39. The first kappa shape index (κ1) is 13.0. The average molecular weight is 318 g/mol. The first-order valence-electron chi connectivity index (χ1n) is 8.53. The van der Waals surface area contributed by atoms with E-state index in [9.17, 15) is 0 Å². The van der Waals surface area contributed by atoms with E-state index in [0.717, 1.165) is 11.0 Å². The van der Waals surface area contributed by atoms with Gasteiger partial charge in [-0.15, -0.1) is 0 Å². The zero-order valence-corrected chi connectivity index (χ0v) is 13.5. The molecule has 0 aliphatic rings. The van der Waals surface area contributed by atoms with Crippen molar-refractivity contribution in [3.8, 4) is 11.1 Å². The lowest BCUT2D eigenvalue weighted by atomic mass is 9.90. The van der Waals surface area contributed by atoms with Crippen LogP contribution in [0.15, 0.2) is 89.5 Å². The molecule has 0 saturated heterocycles. The Balaban J connectivity index is 1.78. The summed E-state index contributed by atoms with van der Waals surface area (Å²) in [4.78, 5) is 0. The molecule has 0 aliphatic heterocycles.